The lowest BCUT2D eigenvalue weighted by Gasteiger charge is -2.24. The van der Waals surface area contributed by atoms with E-state index in [0.29, 0.717) is 23.2 Å². The van der Waals surface area contributed by atoms with Crippen molar-refractivity contribution < 1.29 is 14.3 Å². The molecule has 0 atom stereocenters. The number of hydrogen-bond acceptors (Lipinski definition) is 6. The minimum atomic E-state index is -0.579. The van der Waals surface area contributed by atoms with Crippen LogP contribution in [-0.2, 0) is 11.8 Å². The number of anilines is 1. The molecule has 9 nitrogen and oxygen atoms in total. The molecule has 0 bridgehead atoms. The molecule has 1 fully saturated rings. The first-order chi connectivity index (χ1) is 15.5. The maximum Gasteiger partial charge on any atom is 0.327 e. The van der Waals surface area contributed by atoms with Crippen LogP contribution >= 0.6 is 0 Å². The van der Waals surface area contributed by atoms with Crippen LogP contribution in [0.2, 0.25) is 0 Å². The Morgan fingerprint density at radius 2 is 1.88 bits per heavy atom. The standard InChI is InChI=1S/C23H26N6O3/c1-15-3-5-16(6-4-15)22(30)28-23(31)27-21-8-7-19(13-25-21)32-18-9-10-24-20(11-18)17-12-26-29(2)14-17/h7-16H,3-6H2,1-2H3,(H2,25,27,28,30,31). The van der Waals surface area contributed by atoms with E-state index in [1.165, 1.54) is 6.20 Å². The average Bonchev–Trinajstić information content (AvgIpc) is 3.22. The Bertz CT molecular complexity index is 1090. The van der Waals surface area contributed by atoms with Gasteiger partial charge in [-0.3, -0.25) is 25.1 Å². The quantitative estimate of drug-likeness (QED) is 0.624. The van der Waals surface area contributed by atoms with Crippen LogP contribution in [0.15, 0.2) is 49.1 Å². The summed E-state index contributed by atoms with van der Waals surface area (Å²) in [4.78, 5) is 33.0. The minimum absolute atomic E-state index is 0.0994. The van der Waals surface area contributed by atoms with Crippen molar-refractivity contribution in [2.45, 2.75) is 32.6 Å². The molecule has 32 heavy (non-hydrogen) atoms. The fourth-order valence-corrected chi connectivity index (χ4v) is 3.72. The fraction of sp³-hybridized carbons (Fsp3) is 0.348. The van der Waals surface area contributed by atoms with Gasteiger partial charge in [0.1, 0.15) is 17.3 Å². The van der Waals surface area contributed by atoms with Gasteiger partial charge in [-0.15, -0.1) is 0 Å². The van der Waals surface area contributed by atoms with E-state index in [2.05, 4.69) is 32.6 Å². The number of nitrogens with one attached hydrogen (secondary N) is 2. The van der Waals surface area contributed by atoms with Crippen LogP contribution in [0.25, 0.3) is 11.3 Å². The number of hydrogen-bond donors (Lipinski definition) is 2. The third-order valence-electron chi connectivity index (χ3n) is 5.57. The van der Waals surface area contributed by atoms with E-state index in [1.807, 2.05) is 19.3 Å². The zero-order valence-corrected chi connectivity index (χ0v) is 18.1. The number of aromatic nitrogens is 4. The first kappa shape index (κ1) is 21.5. The summed E-state index contributed by atoms with van der Waals surface area (Å²) in [6.45, 7) is 2.19. The van der Waals surface area contributed by atoms with E-state index in [-0.39, 0.29) is 11.8 Å². The van der Waals surface area contributed by atoms with E-state index in [4.69, 9.17) is 4.74 Å². The van der Waals surface area contributed by atoms with Gasteiger partial charge in [-0.2, -0.15) is 5.10 Å². The van der Waals surface area contributed by atoms with Gasteiger partial charge in [0.2, 0.25) is 5.91 Å². The molecule has 4 rings (SSSR count). The number of imide groups is 1. The molecule has 3 heterocycles. The zero-order valence-electron chi connectivity index (χ0n) is 18.1. The fourth-order valence-electron chi connectivity index (χ4n) is 3.72. The molecule has 0 aromatic carbocycles. The van der Waals surface area contributed by atoms with E-state index in [0.717, 1.165) is 36.9 Å². The molecule has 1 aliphatic rings. The highest BCUT2D eigenvalue weighted by atomic mass is 16.5. The highest BCUT2D eigenvalue weighted by Gasteiger charge is 2.25. The number of carbonyl (C=O) groups excluding carboxylic acids is 2. The van der Waals surface area contributed by atoms with Crippen molar-refractivity contribution in [1.82, 2.24) is 25.1 Å². The maximum atomic E-state index is 12.3. The van der Waals surface area contributed by atoms with Gasteiger partial charge in [-0.1, -0.05) is 6.92 Å². The highest BCUT2D eigenvalue weighted by Crippen LogP contribution is 2.28. The number of pyridine rings is 2. The molecule has 0 unspecified atom stereocenters. The SMILES string of the molecule is CC1CCC(C(=O)NC(=O)Nc2ccc(Oc3ccnc(-c4cnn(C)c4)c3)cn2)CC1. The van der Waals surface area contributed by atoms with E-state index >= 15 is 0 Å². The van der Waals surface area contributed by atoms with E-state index in [9.17, 15) is 9.59 Å². The van der Waals surface area contributed by atoms with Crippen molar-refractivity contribution in [3.8, 4) is 22.8 Å². The number of aryl methyl sites for hydroxylation is 1. The van der Waals surface area contributed by atoms with Gasteiger partial charge in [0, 0.05) is 37.0 Å². The Balaban J connectivity index is 1.31. The molecule has 3 aromatic rings. The number of carbonyl (C=O) groups is 2. The second-order valence-corrected chi connectivity index (χ2v) is 8.16. The van der Waals surface area contributed by atoms with Crippen LogP contribution in [0.1, 0.15) is 32.6 Å². The molecular weight excluding hydrogens is 408 g/mol. The molecule has 0 spiro atoms. The van der Waals surface area contributed by atoms with Gasteiger partial charge in [0.15, 0.2) is 0 Å². The Labute approximate surface area is 186 Å². The summed E-state index contributed by atoms with van der Waals surface area (Å²) < 4.78 is 7.56. The van der Waals surface area contributed by atoms with Crippen molar-refractivity contribution in [2.24, 2.45) is 18.9 Å². The second-order valence-electron chi connectivity index (χ2n) is 8.16. The number of amides is 3. The second kappa shape index (κ2) is 9.59. The molecule has 0 aliphatic heterocycles. The number of nitrogens with zero attached hydrogens (tertiary/aromatic N) is 4. The van der Waals surface area contributed by atoms with Crippen LogP contribution in [0.5, 0.6) is 11.5 Å². The van der Waals surface area contributed by atoms with Crippen LogP contribution in [0, 0.1) is 11.8 Å². The number of ether oxygens (including phenoxy) is 1. The Morgan fingerprint density at radius 3 is 2.56 bits per heavy atom. The Kier molecular flexibility index (Phi) is 6.44. The molecule has 166 valence electrons. The van der Waals surface area contributed by atoms with Crippen molar-refractivity contribution >= 4 is 17.8 Å². The van der Waals surface area contributed by atoms with Gasteiger partial charge < -0.3 is 4.74 Å². The van der Waals surface area contributed by atoms with Gasteiger partial charge >= 0.3 is 6.03 Å². The van der Waals surface area contributed by atoms with Gasteiger partial charge in [-0.25, -0.2) is 9.78 Å². The largest absolute Gasteiger partial charge is 0.456 e. The number of urea groups is 1. The van der Waals surface area contributed by atoms with E-state index < -0.39 is 6.03 Å². The molecule has 3 aromatic heterocycles. The summed E-state index contributed by atoms with van der Waals surface area (Å²) >= 11 is 0. The summed E-state index contributed by atoms with van der Waals surface area (Å²) in [6.07, 6.45) is 10.5. The molecule has 0 radical (unpaired) electrons. The smallest absolute Gasteiger partial charge is 0.327 e. The van der Waals surface area contributed by atoms with Crippen molar-refractivity contribution in [3.05, 3.63) is 49.1 Å². The van der Waals surface area contributed by atoms with E-state index in [1.54, 1.807) is 35.3 Å². The molecular formula is C23H26N6O3. The predicted molar refractivity (Wildman–Crippen MR) is 119 cm³/mol. The first-order valence-electron chi connectivity index (χ1n) is 10.7. The van der Waals surface area contributed by atoms with Crippen molar-refractivity contribution in [1.29, 1.82) is 0 Å². The summed E-state index contributed by atoms with van der Waals surface area (Å²) in [6, 6.07) is 6.29. The molecule has 0 saturated heterocycles. The summed E-state index contributed by atoms with van der Waals surface area (Å²) in [7, 11) is 1.84. The lowest BCUT2D eigenvalue weighted by atomic mass is 9.82. The van der Waals surface area contributed by atoms with Gasteiger partial charge in [0.05, 0.1) is 18.1 Å². The first-order valence-corrected chi connectivity index (χ1v) is 10.7. The molecule has 1 saturated carbocycles. The Morgan fingerprint density at radius 1 is 1.06 bits per heavy atom. The van der Waals surface area contributed by atoms with Crippen LogP contribution < -0.4 is 15.4 Å². The van der Waals surface area contributed by atoms with Crippen molar-refractivity contribution in [3.63, 3.8) is 0 Å². The molecule has 3 amide bonds. The third-order valence-corrected chi connectivity index (χ3v) is 5.57. The van der Waals surface area contributed by atoms with Crippen LogP contribution in [0.4, 0.5) is 10.6 Å². The maximum absolute atomic E-state index is 12.3. The Hall–Kier alpha value is -3.75. The summed E-state index contributed by atoms with van der Waals surface area (Å²) in [5.74, 6) is 1.75. The zero-order chi connectivity index (χ0) is 22.5. The predicted octanol–water partition coefficient (Wildman–Crippen LogP) is 4.14. The topological polar surface area (TPSA) is 111 Å². The molecule has 2 N–H and O–H groups in total. The number of rotatable bonds is 5. The van der Waals surface area contributed by atoms with Crippen LogP contribution in [0.3, 0.4) is 0 Å². The molecule has 9 heteroatoms. The lowest BCUT2D eigenvalue weighted by Crippen LogP contribution is -2.39. The summed E-state index contributed by atoms with van der Waals surface area (Å²) in [5.41, 5.74) is 1.63. The van der Waals surface area contributed by atoms with Gasteiger partial charge in [0.25, 0.3) is 0 Å². The average molecular weight is 435 g/mol. The highest BCUT2D eigenvalue weighted by molar-refractivity contribution is 6.01. The van der Waals surface area contributed by atoms with Crippen LogP contribution in [-0.4, -0.2) is 31.7 Å². The lowest BCUT2D eigenvalue weighted by molar-refractivity contribution is -0.124. The monoisotopic (exact) mass is 434 g/mol. The molecule has 1 aliphatic carbocycles. The minimum Gasteiger partial charge on any atom is -0.456 e. The normalized spacial score (nSPS) is 18.1. The van der Waals surface area contributed by atoms with Crippen molar-refractivity contribution in [2.75, 3.05) is 5.32 Å². The third kappa shape index (κ3) is 5.48. The summed E-state index contributed by atoms with van der Waals surface area (Å²) in [5, 5.41) is 9.16. The van der Waals surface area contributed by atoms with Gasteiger partial charge in [-0.05, 0) is 49.8 Å².